The van der Waals surface area contributed by atoms with Crippen LogP contribution in [-0.4, -0.2) is 0 Å². The lowest BCUT2D eigenvalue weighted by Gasteiger charge is -2.20. The summed E-state index contributed by atoms with van der Waals surface area (Å²) in [5.74, 6) is 1.86. The van der Waals surface area contributed by atoms with E-state index in [0.717, 1.165) is 18.3 Å². The summed E-state index contributed by atoms with van der Waals surface area (Å²) < 4.78 is 0. The first kappa shape index (κ1) is 9.09. The zero-order valence-electron chi connectivity index (χ0n) is 7.81. The first-order valence-corrected chi connectivity index (χ1v) is 5.14. The van der Waals surface area contributed by atoms with E-state index < -0.39 is 0 Å². The molecule has 0 heteroatoms. The molecule has 1 rings (SSSR count). The van der Waals surface area contributed by atoms with Gasteiger partial charge in [0.1, 0.15) is 0 Å². The Labute approximate surface area is 71.4 Å². The van der Waals surface area contributed by atoms with E-state index in [1.54, 1.807) is 0 Å². The fraction of sp³-hybridized carbons (Fsp3) is 0.909. The van der Waals surface area contributed by atoms with Crippen molar-refractivity contribution in [2.24, 2.45) is 11.8 Å². The van der Waals surface area contributed by atoms with Crippen molar-refractivity contribution in [2.45, 2.75) is 51.9 Å². The highest BCUT2D eigenvalue weighted by Gasteiger charge is 2.16. The molecule has 0 N–H and O–H groups in total. The number of rotatable bonds is 2. The summed E-state index contributed by atoms with van der Waals surface area (Å²) in [7, 11) is 0. The second-order valence-corrected chi connectivity index (χ2v) is 4.02. The van der Waals surface area contributed by atoms with Crippen LogP contribution in [-0.2, 0) is 0 Å². The highest BCUT2D eigenvalue weighted by Crippen LogP contribution is 2.29. The highest BCUT2D eigenvalue weighted by molar-refractivity contribution is 4.70. The molecular formula is C11H21. The van der Waals surface area contributed by atoms with Crippen molar-refractivity contribution < 1.29 is 0 Å². The molecule has 11 heavy (non-hydrogen) atoms. The molecule has 1 unspecified atom stereocenters. The molecule has 0 amide bonds. The van der Waals surface area contributed by atoms with E-state index in [1.165, 1.54) is 38.5 Å². The molecule has 0 nitrogen and oxygen atoms in total. The lowest BCUT2D eigenvalue weighted by Crippen LogP contribution is -2.09. The normalized spacial score (nSPS) is 24.5. The quantitative estimate of drug-likeness (QED) is 0.529. The maximum Gasteiger partial charge on any atom is -0.0388 e. The van der Waals surface area contributed by atoms with E-state index in [-0.39, 0.29) is 0 Å². The van der Waals surface area contributed by atoms with E-state index >= 15 is 0 Å². The predicted molar refractivity (Wildman–Crippen MR) is 50.3 cm³/mol. The van der Waals surface area contributed by atoms with Crippen molar-refractivity contribution in [3.05, 3.63) is 6.92 Å². The molecule has 0 aromatic heterocycles. The van der Waals surface area contributed by atoms with Crippen LogP contribution < -0.4 is 0 Å². The molecule has 0 aromatic rings. The van der Waals surface area contributed by atoms with Gasteiger partial charge < -0.3 is 0 Å². The third-order valence-corrected chi connectivity index (χ3v) is 3.16. The second-order valence-electron chi connectivity index (χ2n) is 4.02. The average molecular weight is 153 g/mol. The number of hydrogen-bond acceptors (Lipinski definition) is 0. The Hall–Kier alpha value is 0. The molecule has 65 valence electrons. The fourth-order valence-electron chi connectivity index (χ4n) is 2.12. The Balaban J connectivity index is 2.30. The first-order valence-electron chi connectivity index (χ1n) is 5.14. The highest BCUT2D eigenvalue weighted by atomic mass is 14.2. The Morgan fingerprint density at radius 3 is 2.18 bits per heavy atom. The van der Waals surface area contributed by atoms with Gasteiger partial charge in [0.15, 0.2) is 0 Å². The van der Waals surface area contributed by atoms with Crippen LogP contribution in [0.3, 0.4) is 0 Å². The molecule has 1 atom stereocenters. The van der Waals surface area contributed by atoms with Gasteiger partial charge in [-0.25, -0.2) is 0 Å². The molecule has 1 aliphatic rings. The third kappa shape index (κ3) is 2.84. The molecule has 1 aliphatic carbocycles. The topological polar surface area (TPSA) is 0 Å². The Kier molecular flexibility index (Phi) is 3.96. The smallest absolute Gasteiger partial charge is 0.0388 e. The van der Waals surface area contributed by atoms with E-state index in [4.69, 9.17) is 0 Å². The van der Waals surface area contributed by atoms with Crippen molar-refractivity contribution in [1.29, 1.82) is 0 Å². The van der Waals surface area contributed by atoms with E-state index in [0.29, 0.717) is 0 Å². The van der Waals surface area contributed by atoms with Crippen molar-refractivity contribution >= 4 is 0 Å². The summed E-state index contributed by atoms with van der Waals surface area (Å²) in [5.41, 5.74) is 0. The Bertz CT molecular complexity index is 88.2. The Morgan fingerprint density at radius 2 is 1.73 bits per heavy atom. The van der Waals surface area contributed by atoms with Crippen LogP contribution in [0.15, 0.2) is 0 Å². The van der Waals surface area contributed by atoms with Crippen LogP contribution in [0.4, 0.5) is 0 Å². The lowest BCUT2D eigenvalue weighted by molar-refractivity contribution is 0.321. The molecule has 0 saturated heterocycles. The van der Waals surface area contributed by atoms with Crippen LogP contribution in [0, 0.1) is 18.8 Å². The first-order chi connectivity index (χ1) is 5.34. The monoisotopic (exact) mass is 153 g/mol. The van der Waals surface area contributed by atoms with Crippen molar-refractivity contribution in [3.8, 4) is 0 Å². The van der Waals surface area contributed by atoms with Gasteiger partial charge in [0.2, 0.25) is 0 Å². The van der Waals surface area contributed by atoms with Crippen LogP contribution in [0.1, 0.15) is 51.9 Å². The standard InChI is InChI=1S/C11H21/c1-3-10(2)11-8-6-4-5-7-9-11/h10-11H,1,3-9H2,2H3. The molecule has 0 heterocycles. The minimum absolute atomic E-state index is 0.869. The summed E-state index contributed by atoms with van der Waals surface area (Å²) in [4.78, 5) is 0. The molecule has 1 radical (unpaired) electrons. The molecule has 0 spiro atoms. The van der Waals surface area contributed by atoms with Crippen LogP contribution in [0.2, 0.25) is 0 Å². The summed E-state index contributed by atoms with van der Waals surface area (Å²) in [6, 6.07) is 0. The van der Waals surface area contributed by atoms with E-state index in [2.05, 4.69) is 13.8 Å². The fourth-order valence-corrected chi connectivity index (χ4v) is 2.12. The number of hydrogen-bond donors (Lipinski definition) is 0. The van der Waals surface area contributed by atoms with Gasteiger partial charge in [0, 0.05) is 0 Å². The SMILES string of the molecule is [CH2]CC(C)C1CCCCCC1. The van der Waals surface area contributed by atoms with E-state index in [1.807, 2.05) is 0 Å². The molecule has 1 saturated carbocycles. The van der Waals surface area contributed by atoms with Gasteiger partial charge >= 0.3 is 0 Å². The van der Waals surface area contributed by atoms with Crippen LogP contribution >= 0.6 is 0 Å². The maximum atomic E-state index is 3.99. The molecule has 0 aromatic carbocycles. The van der Waals surface area contributed by atoms with Crippen molar-refractivity contribution in [2.75, 3.05) is 0 Å². The molecule has 0 aliphatic heterocycles. The maximum absolute atomic E-state index is 3.99. The van der Waals surface area contributed by atoms with Gasteiger partial charge in [0.25, 0.3) is 0 Å². The summed E-state index contributed by atoms with van der Waals surface area (Å²) >= 11 is 0. The minimum Gasteiger partial charge on any atom is -0.0622 e. The van der Waals surface area contributed by atoms with Gasteiger partial charge in [0.05, 0.1) is 0 Å². The summed E-state index contributed by atoms with van der Waals surface area (Å²) in [6.07, 6.45) is 9.95. The van der Waals surface area contributed by atoms with Gasteiger partial charge in [-0.2, -0.15) is 0 Å². The zero-order chi connectivity index (χ0) is 8.10. The third-order valence-electron chi connectivity index (χ3n) is 3.16. The predicted octanol–water partition coefficient (Wildman–Crippen LogP) is 3.82. The van der Waals surface area contributed by atoms with Gasteiger partial charge in [-0.3, -0.25) is 0 Å². The van der Waals surface area contributed by atoms with Crippen molar-refractivity contribution in [3.63, 3.8) is 0 Å². The Morgan fingerprint density at radius 1 is 1.18 bits per heavy atom. The molecular weight excluding hydrogens is 132 g/mol. The molecule has 0 bridgehead atoms. The summed E-state index contributed by atoms with van der Waals surface area (Å²) in [6.45, 7) is 6.36. The second kappa shape index (κ2) is 4.79. The average Bonchev–Trinajstić information content (AvgIpc) is 2.30. The summed E-state index contributed by atoms with van der Waals surface area (Å²) in [5, 5.41) is 0. The largest absolute Gasteiger partial charge is 0.0622 e. The zero-order valence-corrected chi connectivity index (χ0v) is 7.81. The van der Waals surface area contributed by atoms with Crippen LogP contribution in [0.25, 0.3) is 0 Å². The van der Waals surface area contributed by atoms with Gasteiger partial charge in [-0.1, -0.05) is 58.8 Å². The lowest BCUT2D eigenvalue weighted by atomic mass is 9.86. The minimum atomic E-state index is 0.869. The van der Waals surface area contributed by atoms with Crippen LogP contribution in [0.5, 0.6) is 0 Å². The van der Waals surface area contributed by atoms with Gasteiger partial charge in [-0.05, 0) is 11.8 Å². The van der Waals surface area contributed by atoms with E-state index in [9.17, 15) is 0 Å². The van der Waals surface area contributed by atoms with Crippen molar-refractivity contribution in [1.82, 2.24) is 0 Å². The van der Waals surface area contributed by atoms with Gasteiger partial charge in [-0.15, -0.1) is 0 Å². The molecule has 1 fully saturated rings.